The third kappa shape index (κ3) is 2.39. The van der Waals surface area contributed by atoms with Crippen LogP contribution in [0.25, 0.3) is 0 Å². The van der Waals surface area contributed by atoms with E-state index in [4.69, 9.17) is 9.84 Å². The lowest BCUT2D eigenvalue weighted by Crippen LogP contribution is -2.44. The van der Waals surface area contributed by atoms with E-state index < -0.39 is 6.04 Å². The molecule has 116 valence electrons. The highest BCUT2D eigenvalue weighted by molar-refractivity contribution is 6.01. The molecule has 3 N–H and O–H groups in total. The number of carbonyl (C=O) groups is 2. The summed E-state index contributed by atoms with van der Waals surface area (Å²) in [6.07, 6.45) is 0. The Morgan fingerprint density at radius 3 is 2.68 bits per heavy atom. The summed E-state index contributed by atoms with van der Waals surface area (Å²) in [6, 6.07) is 6.39. The summed E-state index contributed by atoms with van der Waals surface area (Å²) in [7, 11) is 1.58. The van der Waals surface area contributed by atoms with Crippen LogP contribution < -0.4 is 15.4 Å². The number of methoxy groups -OCH3 is 1. The molecule has 0 radical (unpaired) electrons. The average Bonchev–Trinajstić information content (AvgIpc) is 2.83. The van der Waals surface area contributed by atoms with E-state index in [1.807, 2.05) is 12.1 Å². The van der Waals surface area contributed by atoms with Gasteiger partial charge in [0.15, 0.2) is 0 Å². The van der Waals surface area contributed by atoms with Crippen LogP contribution >= 0.6 is 0 Å². The number of urea groups is 1. The lowest BCUT2D eigenvalue weighted by molar-refractivity contribution is -0.126. The van der Waals surface area contributed by atoms with E-state index in [1.165, 1.54) is 4.90 Å². The summed E-state index contributed by atoms with van der Waals surface area (Å²) >= 11 is 0. The van der Waals surface area contributed by atoms with Gasteiger partial charge < -0.3 is 25.4 Å². The molecular formula is C15H17N3O4. The zero-order valence-electron chi connectivity index (χ0n) is 12.1. The third-order valence-electron chi connectivity index (χ3n) is 3.84. The van der Waals surface area contributed by atoms with Crippen molar-refractivity contribution in [2.75, 3.05) is 26.8 Å². The van der Waals surface area contributed by atoms with Crippen molar-refractivity contribution in [3.8, 4) is 5.75 Å². The predicted molar refractivity (Wildman–Crippen MR) is 78.1 cm³/mol. The second-order valence-electron chi connectivity index (χ2n) is 5.15. The van der Waals surface area contributed by atoms with Crippen LogP contribution in [0.2, 0.25) is 0 Å². The van der Waals surface area contributed by atoms with E-state index in [0.29, 0.717) is 23.6 Å². The van der Waals surface area contributed by atoms with E-state index in [1.54, 1.807) is 19.2 Å². The van der Waals surface area contributed by atoms with E-state index in [2.05, 4.69) is 10.6 Å². The summed E-state index contributed by atoms with van der Waals surface area (Å²) in [5, 5.41) is 14.5. The average molecular weight is 303 g/mol. The second-order valence-corrected chi connectivity index (χ2v) is 5.15. The molecule has 7 nitrogen and oxygen atoms in total. The Hall–Kier alpha value is -2.54. The Labute approximate surface area is 127 Å². The van der Waals surface area contributed by atoms with Crippen molar-refractivity contribution in [2.45, 2.75) is 6.04 Å². The van der Waals surface area contributed by atoms with Crippen molar-refractivity contribution in [1.29, 1.82) is 0 Å². The normalized spacial score (nSPS) is 20.6. The Bertz CT molecular complexity index is 639. The largest absolute Gasteiger partial charge is 0.497 e. The monoisotopic (exact) mass is 303 g/mol. The number of carbonyl (C=O) groups excluding carboxylic acids is 2. The van der Waals surface area contributed by atoms with Gasteiger partial charge >= 0.3 is 6.03 Å². The van der Waals surface area contributed by atoms with Gasteiger partial charge in [0.25, 0.3) is 5.91 Å². The molecule has 1 aromatic rings. The predicted octanol–water partition coefficient (Wildman–Crippen LogP) is 0.138. The molecule has 0 spiro atoms. The number of hydrogen-bond acceptors (Lipinski definition) is 4. The number of hydrogen-bond donors (Lipinski definition) is 3. The zero-order chi connectivity index (χ0) is 15.7. The minimum Gasteiger partial charge on any atom is -0.497 e. The van der Waals surface area contributed by atoms with Crippen LogP contribution in [-0.4, -0.2) is 48.8 Å². The molecule has 7 heteroatoms. The van der Waals surface area contributed by atoms with Crippen molar-refractivity contribution < 1.29 is 19.4 Å². The number of ether oxygens (including phenoxy) is 1. The van der Waals surface area contributed by atoms with E-state index in [0.717, 1.165) is 5.56 Å². The molecule has 22 heavy (non-hydrogen) atoms. The highest BCUT2D eigenvalue weighted by atomic mass is 16.5. The number of rotatable bonds is 4. The van der Waals surface area contributed by atoms with Crippen molar-refractivity contribution in [1.82, 2.24) is 15.5 Å². The number of benzene rings is 1. The molecule has 0 fully saturated rings. The van der Waals surface area contributed by atoms with E-state index >= 15 is 0 Å². The molecule has 0 aromatic heterocycles. The molecule has 1 aromatic carbocycles. The summed E-state index contributed by atoms with van der Waals surface area (Å²) in [5.41, 5.74) is 1.93. The fraction of sp³-hybridized carbons (Fsp3) is 0.333. The first-order valence-electron chi connectivity index (χ1n) is 6.98. The molecule has 3 rings (SSSR count). The Balaban J connectivity index is 1.94. The van der Waals surface area contributed by atoms with Gasteiger partial charge in [0.05, 0.1) is 37.6 Å². The quantitative estimate of drug-likeness (QED) is 0.738. The Morgan fingerprint density at radius 1 is 1.32 bits per heavy atom. The van der Waals surface area contributed by atoms with Gasteiger partial charge in [0.1, 0.15) is 5.75 Å². The number of aliphatic hydroxyl groups excluding tert-OH is 1. The van der Waals surface area contributed by atoms with Crippen LogP contribution in [-0.2, 0) is 4.79 Å². The molecule has 2 heterocycles. The number of nitrogens with one attached hydrogen (secondary N) is 2. The van der Waals surface area contributed by atoms with Crippen LogP contribution in [0.4, 0.5) is 4.79 Å². The maximum absolute atomic E-state index is 12.5. The van der Waals surface area contributed by atoms with Crippen LogP contribution in [0.5, 0.6) is 5.75 Å². The summed E-state index contributed by atoms with van der Waals surface area (Å²) in [4.78, 5) is 25.8. The molecule has 0 bridgehead atoms. The SMILES string of the molecule is COc1ccc([C@H]2NC(=O)NC3=C2C(=O)N(CCO)C3)cc1. The highest BCUT2D eigenvalue weighted by Gasteiger charge is 2.39. The minimum atomic E-state index is -0.495. The van der Waals surface area contributed by atoms with Crippen molar-refractivity contribution in [3.63, 3.8) is 0 Å². The fourth-order valence-electron chi connectivity index (χ4n) is 2.78. The first-order chi connectivity index (χ1) is 10.6. The van der Waals surface area contributed by atoms with Gasteiger partial charge in [0.2, 0.25) is 0 Å². The first kappa shape index (κ1) is 14.4. The summed E-state index contributed by atoms with van der Waals surface area (Å²) < 4.78 is 5.12. The second kappa shape index (κ2) is 5.69. The van der Waals surface area contributed by atoms with Crippen LogP contribution in [0, 0.1) is 0 Å². The van der Waals surface area contributed by atoms with Crippen molar-refractivity contribution >= 4 is 11.9 Å². The van der Waals surface area contributed by atoms with Crippen LogP contribution in [0.15, 0.2) is 35.5 Å². The molecule has 3 amide bonds. The summed E-state index contributed by atoms with van der Waals surface area (Å²) in [6.45, 7) is 0.451. The molecule has 0 aliphatic carbocycles. The number of amides is 3. The van der Waals surface area contributed by atoms with Gasteiger partial charge in [-0.15, -0.1) is 0 Å². The van der Waals surface area contributed by atoms with Gasteiger partial charge in [-0.1, -0.05) is 12.1 Å². The first-order valence-corrected chi connectivity index (χ1v) is 6.98. The minimum absolute atomic E-state index is 0.110. The molecule has 0 unspecified atom stereocenters. The third-order valence-corrected chi connectivity index (χ3v) is 3.84. The Kier molecular flexibility index (Phi) is 3.72. The maximum Gasteiger partial charge on any atom is 0.319 e. The van der Waals surface area contributed by atoms with E-state index in [-0.39, 0.29) is 25.1 Å². The topological polar surface area (TPSA) is 90.9 Å². The molecule has 0 saturated heterocycles. The van der Waals surface area contributed by atoms with Gasteiger partial charge in [-0.25, -0.2) is 4.79 Å². The molecule has 2 aliphatic heterocycles. The van der Waals surface area contributed by atoms with Crippen LogP contribution in [0.3, 0.4) is 0 Å². The van der Waals surface area contributed by atoms with Gasteiger partial charge in [-0.2, -0.15) is 0 Å². The number of nitrogens with zero attached hydrogens (tertiary/aromatic N) is 1. The van der Waals surface area contributed by atoms with Gasteiger partial charge in [0, 0.05) is 6.54 Å². The summed E-state index contributed by atoms with van der Waals surface area (Å²) in [5.74, 6) is 0.537. The van der Waals surface area contributed by atoms with E-state index in [9.17, 15) is 9.59 Å². The lowest BCUT2D eigenvalue weighted by Gasteiger charge is -2.25. The van der Waals surface area contributed by atoms with Gasteiger partial charge in [-0.3, -0.25) is 4.79 Å². The molecule has 0 saturated carbocycles. The fourth-order valence-corrected chi connectivity index (χ4v) is 2.78. The van der Waals surface area contributed by atoms with Crippen molar-refractivity contribution in [2.24, 2.45) is 0 Å². The maximum atomic E-state index is 12.5. The molecular weight excluding hydrogens is 286 g/mol. The van der Waals surface area contributed by atoms with Crippen molar-refractivity contribution in [3.05, 3.63) is 41.1 Å². The standard InChI is InChI=1S/C15H17N3O4/c1-22-10-4-2-9(3-5-10)13-12-11(16-15(21)17-13)8-18(6-7-19)14(12)20/h2-5,13,19H,6-8H2,1H3,(H2,16,17,21)/t13-/m1/s1. The molecule has 2 aliphatic rings. The molecule has 1 atom stereocenters. The number of aliphatic hydroxyl groups is 1. The Morgan fingerprint density at radius 2 is 2.05 bits per heavy atom. The lowest BCUT2D eigenvalue weighted by atomic mass is 9.96. The highest BCUT2D eigenvalue weighted by Crippen LogP contribution is 2.32. The smallest absolute Gasteiger partial charge is 0.319 e. The zero-order valence-corrected chi connectivity index (χ0v) is 12.1. The van der Waals surface area contributed by atoms with Crippen LogP contribution in [0.1, 0.15) is 11.6 Å². The number of β-amino-alcohol motifs (C(OH)–C–C–N with tert-alkyl or cyclic N) is 1. The van der Waals surface area contributed by atoms with Gasteiger partial charge in [-0.05, 0) is 17.7 Å².